The highest BCUT2D eigenvalue weighted by Gasteiger charge is 2.27. The molecule has 11 heteroatoms. The number of nitrogens with zero attached hydrogens (tertiary/aromatic N) is 4. The fraction of sp³-hybridized carbons (Fsp3) is 0.538. The van der Waals surface area contributed by atoms with Crippen LogP contribution in [-0.4, -0.2) is 88.2 Å². The van der Waals surface area contributed by atoms with E-state index in [0.717, 1.165) is 32.5 Å². The summed E-state index contributed by atoms with van der Waals surface area (Å²) >= 11 is 0. The summed E-state index contributed by atoms with van der Waals surface area (Å²) in [6.07, 6.45) is 5.94. The van der Waals surface area contributed by atoms with E-state index in [-0.39, 0.29) is 5.82 Å². The quantitative estimate of drug-likeness (QED) is 0.325. The molecule has 1 atom stereocenters. The van der Waals surface area contributed by atoms with Gasteiger partial charge in [0.05, 0.1) is 6.61 Å². The SMILES string of the molecule is CN(C)C1CCN(CCCCn2ccc(NC(=O)c3ccc(NC(=O)C(C)(N)CO)cc3)nc2=O)CC1. The predicted molar refractivity (Wildman–Crippen MR) is 144 cm³/mol. The molecule has 2 amide bonds. The summed E-state index contributed by atoms with van der Waals surface area (Å²) in [6, 6.07) is 8.44. The minimum atomic E-state index is -1.41. The summed E-state index contributed by atoms with van der Waals surface area (Å²) in [5, 5.41) is 14.4. The largest absolute Gasteiger partial charge is 0.394 e. The van der Waals surface area contributed by atoms with Crippen molar-refractivity contribution in [1.82, 2.24) is 19.4 Å². The van der Waals surface area contributed by atoms with E-state index in [2.05, 4.69) is 39.5 Å². The zero-order chi connectivity index (χ0) is 27.0. The lowest BCUT2D eigenvalue weighted by molar-refractivity contribution is -0.121. The average molecular weight is 514 g/mol. The molecule has 1 aliphatic rings. The van der Waals surface area contributed by atoms with Crippen LogP contribution >= 0.6 is 0 Å². The average Bonchev–Trinajstić information content (AvgIpc) is 2.88. The molecule has 3 rings (SSSR count). The maximum absolute atomic E-state index is 12.6. The molecule has 0 radical (unpaired) electrons. The van der Waals surface area contributed by atoms with Crippen LogP contribution in [0.2, 0.25) is 0 Å². The van der Waals surface area contributed by atoms with Crippen molar-refractivity contribution < 1.29 is 14.7 Å². The van der Waals surface area contributed by atoms with Crippen molar-refractivity contribution in [3.8, 4) is 0 Å². The van der Waals surface area contributed by atoms with Gasteiger partial charge in [-0.05, 0) is 96.7 Å². The van der Waals surface area contributed by atoms with Gasteiger partial charge in [0, 0.05) is 30.0 Å². The van der Waals surface area contributed by atoms with Crippen molar-refractivity contribution in [1.29, 1.82) is 0 Å². The Kier molecular flexibility index (Phi) is 9.93. The smallest absolute Gasteiger partial charge is 0.349 e. The second kappa shape index (κ2) is 12.9. The van der Waals surface area contributed by atoms with E-state index in [1.807, 2.05) is 0 Å². The van der Waals surface area contributed by atoms with Gasteiger partial charge in [-0.1, -0.05) is 0 Å². The molecule has 0 bridgehead atoms. The van der Waals surface area contributed by atoms with Crippen LogP contribution in [0.1, 0.15) is 43.0 Å². The Morgan fingerprint density at radius 2 is 1.76 bits per heavy atom. The number of amides is 2. The number of aliphatic hydroxyl groups is 1. The van der Waals surface area contributed by atoms with Gasteiger partial charge in [0.2, 0.25) is 5.91 Å². The second-order valence-electron chi connectivity index (χ2n) is 10.1. The van der Waals surface area contributed by atoms with E-state index in [4.69, 9.17) is 5.73 Å². The lowest BCUT2D eigenvalue weighted by atomic mass is 10.0. The number of likely N-dealkylation sites (tertiary alicyclic amines) is 1. The third kappa shape index (κ3) is 8.19. The molecule has 1 saturated heterocycles. The van der Waals surface area contributed by atoms with Crippen LogP contribution in [0.15, 0.2) is 41.3 Å². The number of nitrogens with two attached hydrogens (primary N) is 1. The summed E-state index contributed by atoms with van der Waals surface area (Å²) in [5.74, 6) is -0.796. The molecule has 1 aliphatic heterocycles. The first-order chi connectivity index (χ1) is 17.6. The number of unbranched alkanes of at least 4 members (excludes halogenated alkanes) is 1. The maximum atomic E-state index is 12.6. The molecule has 37 heavy (non-hydrogen) atoms. The van der Waals surface area contributed by atoms with Gasteiger partial charge in [-0.25, -0.2) is 4.79 Å². The number of hydrogen-bond donors (Lipinski definition) is 4. The number of carbonyl (C=O) groups is 2. The van der Waals surface area contributed by atoms with Gasteiger partial charge >= 0.3 is 5.69 Å². The standard InChI is InChI=1S/C26H39N7O4/c1-26(27,18-34)24(36)28-20-8-6-19(7-9-20)23(35)29-22-12-17-33(25(37)30-22)14-5-4-13-32-15-10-21(11-16-32)31(2)3/h6-9,12,17,21,34H,4-5,10-11,13-16,18,27H2,1-3H3,(H,28,36)(H,29,30,35,37). The van der Waals surface area contributed by atoms with Gasteiger partial charge in [0.25, 0.3) is 5.91 Å². The lowest BCUT2D eigenvalue weighted by Gasteiger charge is -2.35. The number of piperidine rings is 1. The third-order valence-electron chi connectivity index (χ3n) is 6.78. The zero-order valence-corrected chi connectivity index (χ0v) is 21.9. The first-order valence-electron chi connectivity index (χ1n) is 12.7. The van der Waals surface area contributed by atoms with Crippen molar-refractivity contribution in [3.63, 3.8) is 0 Å². The number of rotatable bonds is 11. The van der Waals surface area contributed by atoms with Crippen LogP contribution in [0.4, 0.5) is 11.5 Å². The number of aliphatic hydroxyl groups excluding tert-OH is 1. The molecule has 1 unspecified atom stereocenters. The normalized spacial score (nSPS) is 16.4. The number of carbonyl (C=O) groups excluding carboxylic acids is 2. The molecule has 0 spiro atoms. The zero-order valence-electron chi connectivity index (χ0n) is 21.9. The van der Waals surface area contributed by atoms with E-state index < -0.39 is 29.6 Å². The van der Waals surface area contributed by atoms with Crippen molar-refractivity contribution in [3.05, 3.63) is 52.6 Å². The molecule has 0 aliphatic carbocycles. The Balaban J connectivity index is 1.45. The summed E-state index contributed by atoms with van der Waals surface area (Å²) in [5.41, 5.74) is 4.66. The highest BCUT2D eigenvalue weighted by molar-refractivity contribution is 6.04. The van der Waals surface area contributed by atoms with E-state index in [0.29, 0.717) is 23.8 Å². The molecule has 2 heterocycles. The van der Waals surface area contributed by atoms with E-state index in [1.54, 1.807) is 29.0 Å². The van der Waals surface area contributed by atoms with Gasteiger partial charge in [0.1, 0.15) is 11.4 Å². The maximum Gasteiger partial charge on any atom is 0.349 e. The molecule has 1 aromatic carbocycles. The molecule has 1 fully saturated rings. The first-order valence-corrected chi connectivity index (χ1v) is 12.7. The number of benzene rings is 1. The van der Waals surface area contributed by atoms with Gasteiger partial charge in [-0.3, -0.25) is 14.2 Å². The molecule has 1 aromatic heterocycles. The Labute approximate surface area is 217 Å². The fourth-order valence-electron chi connectivity index (χ4n) is 4.18. The minimum Gasteiger partial charge on any atom is -0.394 e. The highest BCUT2D eigenvalue weighted by Crippen LogP contribution is 2.15. The number of nitrogens with one attached hydrogen (secondary N) is 2. The van der Waals surface area contributed by atoms with Gasteiger partial charge in [-0.15, -0.1) is 0 Å². The van der Waals surface area contributed by atoms with Gasteiger partial charge in [0.15, 0.2) is 0 Å². The number of hydrogen-bond acceptors (Lipinski definition) is 8. The molecular weight excluding hydrogens is 474 g/mol. The first kappa shape index (κ1) is 28.5. The number of aryl methyl sites for hydroxylation is 1. The molecular formula is C26H39N7O4. The van der Waals surface area contributed by atoms with Crippen molar-refractivity contribution in [2.75, 3.05) is 51.0 Å². The number of anilines is 2. The van der Waals surface area contributed by atoms with E-state index in [9.17, 15) is 19.5 Å². The monoisotopic (exact) mass is 513 g/mol. The Bertz CT molecular complexity index is 1110. The van der Waals surface area contributed by atoms with E-state index in [1.165, 1.54) is 31.9 Å². The Morgan fingerprint density at radius 1 is 1.11 bits per heavy atom. The van der Waals surface area contributed by atoms with Crippen LogP contribution in [0, 0.1) is 0 Å². The topological polar surface area (TPSA) is 146 Å². The Hall–Kier alpha value is -3.12. The highest BCUT2D eigenvalue weighted by atomic mass is 16.3. The fourth-order valence-corrected chi connectivity index (χ4v) is 4.18. The second-order valence-corrected chi connectivity index (χ2v) is 10.1. The molecule has 202 valence electrons. The van der Waals surface area contributed by atoms with Crippen molar-refractivity contribution in [2.24, 2.45) is 5.73 Å². The van der Waals surface area contributed by atoms with E-state index >= 15 is 0 Å². The van der Waals surface area contributed by atoms with Crippen LogP contribution in [0.5, 0.6) is 0 Å². The number of aromatic nitrogens is 2. The summed E-state index contributed by atoms with van der Waals surface area (Å²) in [7, 11) is 4.28. The van der Waals surface area contributed by atoms with Crippen LogP contribution < -0.4 is 22.1 Å². The van der Waals surface area contributed by atoms with Crippen LogP contribution in [0.3, 0.4) is 0 Å². The lowest BCUT2D eigenvalue weighted by Crippen LogP contribution is -2.51. The van der Waals surface area contributed by atoms with Crippen molar-refractivity contribution in [2.45, 2.75) is 50.7 Å². The summed E-state index contributed by atoms with van der Waals surface area (Å²) in [4.78, 5) is 45.8. The summed E-state index contributed by atoms with van der Waals surface area (Å²) < 4.78 is 1.56. The third-order valence-corrected chi connectivity index (χ3v) is 6.78. The predicted octanol–water partition coefficient (Wildman–Crippen LogP) is 0.950. The van der Waals surface area contributed by atoms with Gasteiger partial charge in [-0.2, -0.15) is 4.98 Å². The molecule has 2 aromatic rings. The Morgan fingerprint density at radius 3 is 2.35 bits per heavy atom. The van der Waals surface area contributed by atoms with Gasteiger partial charge < -0.3 is 31.3 Å². The minimum absolute atomic E-state index is 0.175. The molecule has 0 saturated carbocycles. The van der Waals surface area contributed by atoms with Crippen molar-refractivity contribution >= 4 is 23.3 Å². The van der Waals surface area contributed by atoms with Crippen LogP contribution in [0.25, 0.3) is 0 Å². The van der Waals surface area contributed by atoms with Crippen LogP contribution in [-0.2, 0) is 11.3 Å². The molecule has 11 nitrogen and oxygen atoms in total. The summed E-state index contributed by atoms with van der Waals surface area (Å²) in [6.45, 7) is 4.77. The molecule has 5 N–H and O–H groups in total.